The lowest BCUT2D eigenvalue weighted by molar-refractivity contribution is -0.193. The molecule has 3 atom stereocenters. The maximum atomic E-state index is 13.6. The summed E-state index contributed by atoms with van der Waals surface area (Å²) in [6.07, 6.45) is -5.37. The number of piperazine rings is 1. The van der Waals surface area contributed by atoms with Crippen molar-refractivity contribution in [2.24, 2.45) is 11.8 Å². The molecule has 0 bridgehead atoms. The number of rotatable bonds is 10. The number of hydrogen-bond donors (Lipinski definition) is 4. The van der Waals surface area contributed by atoms with Crippen molar-refractivity contribution in [1.29, 1.82) is 0 Å². The van der Waals surface area contributed by atoms with Crippen LogP contribution < -0.4 is 26.4 Å². The molecule has 0 aliphatic carbocycles. The van der Waals surface area contributed by atoms with E-state index in [9.17, 15) is 35.9 Å². The van der Waals surface area contributed by atoms with Gasteiger partial charge >= 0.3 is 12.4 Å². The van der Waals surface area contributed by atoms with Gasteiger partial charge in [0.05, 0.1) is 25.2 Å². The molecule has 3 fully saturated rings. The van der Waals surface area contributed by atoms with E-state index in [1.54, 1.807) is 9.80 Å². The molecule has 1 aromatic rings. The van der Waals surface area contributed by atoms with E-state index in [2.05, 4.69) is 31.5 Å². The molecule has 11 nitrogen and oxygen atoms in total. The molecule has 3 saturated heterocycles. The average Bonchev–Trinajstić information content (AvgIpc) is 2.95. The highest BCUT2D eigenvalue weighted by atomic mass is 19.4. The number of hydrazine groups is 1. The Hall–Kier alpha value is -2.76. The Morgan fingerprint density at radius 3 is 2.36 bits per heavy atom. The van der Waals surface area contributed by atoms with Gasteiger partial charge in [0.2, 0.25) is 17.8 Å². The third kappa shape index (κ3) is 8.87. The lowest BCUT2D eigenvalue weighted by Crippen LogP contribution is -2.65. The summed E-state index contributed by atoms with van der Waals surface area (Å²) < 4.78 is 84.9. The van der Waals surface area contributed by atoms with Crippen molar-refractivity contribution in [3.05, 3.63) is 18.0 Å². The first-order valence-corrected chi connectivity index (χ1v) is 14.0. The van der Waals surface area contributed by atoms with Gasteiger partial charge in [0.1, 0.15) is 0 Å². The highest BCUT2D eigenvalue weighted by Crippen LogP contribution is 2.31. The largest absolute Gasteiger partial charge is 0.419 e. The minimum Gasteiger partial charge on any atom is -0.379 e. The fraction of sp³-hybridized carbons (Fsp3) is 0.760. The van der Waals surface area contributed by atoms with E-state index in [0.29, 0.717) is 32.6 Å². The van der Waals surface area contributed by atoms with Crippen LogP contribution in [0, 0.1) is 11.8 Å². The molecule has 236 valence electrons. The van der Waals surface area contributed by atoms with Gasteiger partial charge in [0.25, 0.3) is 0 Å². The quantitative estimate of drug-likeness (QED) is 0.228. The molecule has 0 aromatic carbocycles. The Morgan fingerprint density at radius 1 is 1.07 bits per heavy atom. The van der Waals surface area contributed by atoms with Crippen LogP contribution in [0.4, 0.5) is 32.3 Å². The molecule has 0 saturated carbocycles. The molecule has 17 heteroatoms. The van der Waals surface area contributed by atoms with Gasteiger partial charge in [-0.25, -0.2) is 15.4 Å². The molecule has 42 heavy (non-hydrogen) atoms. The Bertz CT molecular complexity index is 1030. The predicted octanol–water partition coefficient (Wildman–Crippen LogP) is 1.08. The average molecular weight is 611 g/mol. The van der Waals surface area contributed by atoms with Gasteiger partial charge in [0.15, 0.2) is 5.92 Å². The summed E-state index contributed by atoms with van der Waals surface area (Å²) in [4.78, 5) is 35.6. The van der Waals surface area contributed by atoms with E-state index in [-0.39, 0.29) is 44.0 Å². The fourth-order valence-electron chi connectivity index (χ4n) is 5.50. The first-order valence-electron chi connectivity index (χ1n) is 14.0. The molecular weight excluding hydrogens is 574 g/mol. The highest BCUT2D eigenvalue weighted by Gasteiger charge is 2.51. The number of nitrogens with zero attached hydrogens (tertiary/aromatic N) is 4. The number of carbonyl (C=O) groups is 2. The van der Waals surface area contributed by atoms with Gasteiger partial charge in [-0.1, -0.05) is 0 Å². The Kier molecular flexibility index (Phi) is 10.8. The monoisotopic (exact) mass is 610 g/mol. The standard InChI is InChI=1S/C25H36F6N8O3/c26-24(27,28)17-12-33-23(34-13-17)39-8-6-38(7-9-39)20(40)3-10-42-15-18(11-16-1-4-32-5-2-16)36-19-14-35-37-22(41)21(19)25(29,30)31/h12-13,16,18-19,21,32,35-36H,1-11,14-15H2,(H,37,41)/t18-,19?,21?/m1/s1. The fourth-order valence-corrected chi connectivity index (χ4v) is 5.50. The zero-order valence-corrected chi connectivity index (χ0v) is 22.9. The van der Waals surface area contributed by atoms with E-state index in [0.717, 1.165) is 38.3 Å². The van der Waals surface area contributed by atoms with Crippen LogP contribution in [-0.2, 0) is 20.5 Å². The van der Waals surface area contributed by atoms with Crippen LogP contribution in [0.25, 0.3) is 0 Å². The minimum atomic E-state index is -4.71. The van der Waals surface area contributed by atoms with Crippen LogP contribution in [0.5, 0.6) is 0 Å². The summed E-state index contributed by atoms with van der Waals surface area (Å²) in [5, 5.41) is 6.27. The normalized spacial score (nSPS) is 23.5. The van der Waals surface area contributed by atoms with Crippen LogP contribution in [0.1, 0.15) is 31.2 Å². The number of carbonyl (C=O) groups excluding carboxylic acids is 2. The number of aromatic nitrogens is 2. The van der Waals surface area contributed by atoms with Crippen molar-refractivity contribution in [1.82, 2.24) is 36.4 Å². The van der Waals surface area contributed by atoms with Crippen LogP contribution in [-0.4, -0.2) is 104 Å². The number of anilines is 1. The Balaban J connectivity index is 1.24. The second-order valence-corrected chi connectivity index (χ2v) is 10.8. The summed E-state index contributed by atoms with van der Waals surface area (Å²) in [7, 11) is 0. The maximum Gasteiger partial charge on any atom is 0.419 e. The Morgan fingerprint density at radius 2 is 1.74 bits per heavy atom. The van der Waals surface area contributed by atoms with Crippen LogP contribution in [0.15, 0.2) is 12.4 Å². The molecule has 4 heterocycles. The molecule has 3 aliphatic heterocycles. The van der Waals surface area contributed by atoms with Gasteiger partial charge in [0, 0.05) is 57.2 Å². The van der Waals surface area contributed by atoms with Crippen molar-refractivity contribution >= 4 is 17.8 Å². The van der Waals surface area contributed by atoms with Crippen molar-refractivity contribution in [3.8, 4) is 0 Å². The SMILES string of the molecule is O=C1NNCC(N[C@@H](COCCC(=O)N2CCN(c3ncc(C(F)(F)F)cn3)CC2)CC2CCNCC2)C1C(F)(F)F. The number of piperidine rings is 1. The van der Waals surface area contributed by atoms with Crippen molar-refractivity contribution in [3.63, 3.8) is 0 Å². The number of ether oxygens (including phenoxy) is 1. The number of alkyl halides is 6. The molecule has 2 amide bonds. The lowest BCUT2D eigenvalue weighted by Gasteiger charge is -2.37. The van der Waals surface area contributed by atoms with E-state index >= 15 is 0 Å². The first-order chi connectivity index (χ1) is 19.9. The van der Waals surface area contributed by atoms with Crippen molar-refractivity contribution < 1.29 is 40.7 Å². The zero-order valence-electron chi connectivity index (χ0n) is 22.9. The van der Waals surface area contributed by atoms with Crippen LogP contribution >= 0.6 is 0 Å². The minimum absolute atomic E-state index is 0.0649. The lowest BCUT2D eigenvalue weighted by atomic mass is 9.89. The van der Waals surface area contributed by atoms with Gasteiger partial charge in [-0.2, -0.15) is 26.3 Å². The van der Waals surface area contributed by atoms with Gasteiger partial charge < -0.3 is 25.2 Å². The second kappa shape index (κ2) is 14.1. The highest BCUT2D eigenvalue weighted by molar-refractivity contribution is 5.80. The molecule has 4 N–H and O–H groups in total. The maximum absolute atomic E-state index is 13.6. The molecule has 4 rings (SSSR count). The Labute approximate surface area is 239 Å². The van der Waals surface area contributed by atoms with Crippen molar-refractivity contribution in [2.45, 2.75) is 50.1 Å². The van der Waals surface area contributed by atoms with E-state index in [1.807, 2.05) is 0 Å². The predicted molar refractivity (Wildman–Crippen MR) is 138 cm³/mol. The van der Waals surface area contributed by atoms with E-state index in [4.69, 9.17) is 4.74 Å². The first kappa shape index (κ1) is 32.2. The smallest absolute Gasteiger partial charge is 0.379 e. The number of amides is 2. The molecule has 2 unspecified atom stereocenters. The summed E-state index contributed by atoms with van der Waals surface area (Å²) in [6, 6.07) is -1.61. The molecule has 0 spiro atoms. The molecule has 1 aromatic heterocycles. The van der Waals surface area contributed by atoms with Gasteiger partial charge in [-0.15, -0.1) is 0 Å². The molecule has 0 radical (unpaired) electrons. The van der Waals surface area contributed by atoms with Crippen LogP contribution in [0.3, 0.4) is 0 Å². The summed E-state index contributed by atoms with van der Waals surface area (Å²) in [6.45, 7) is 3.06. The summed E-state index contributed by atoms with van der Waals surface area (Å²) in [5.41, 5.74) is 3.64. The number of hydrogen-bond acceptors (Lipinski definition) is 9. The number of nitrogens with one attached hydrogen (secondary N) is 4. The third-order valence-electron chi connectivity index (χ3n) is 7.76. The third-order valence-corrected chi connectivity index (χ3v) is 7.76. The van der Waals surface area contributed by atoms with Crippen LogP contribution in [0.2, 0.25) is 0 Å². The second-order valence-electron chi connectivity index (χ2n) is 10.8. The zero-order chi connectivity index (χ0) is 30.3. The van der Waals surface area contributed by atoms with Gasteiger partial charge in [-0.3, -0.25) is 15.0 Å². The summed E-state index contributed by atoms with van der Waals surface area (Å²) >= 11 is 0. The molecular formula is C25H36F6N8O3. The summed E-state index contributed by atoms with van der Waals surface area (Å²) in [5.74, 6) is -3.06. The molecule has 3 aliphatic rings. The van der Waals surface area contributed by atoms with Gasteiger partial charge in [-0.05, 0) is 38.3 Å². The van der Waals surface area contributed by atoms with E-state index in [1.165, 1.54) is 0 Å². The number of halogens is 6. The van der Waals surface area contributed by atoms with Crippen molar-refractivity contribution in [2.75, 3.05) is 63.9 Å². The van der Waals surface area contributed by atoms with E-state index < -0.39 is 41.8 Å². The topological polar surface area (TPSA) is 124 Å².